The number of H-pyrrole nitrogens is 1. The standard InChI is InChI=1S/C19H26N2O4S/c1-12(21-26(6,23)24)14-11-17(25-5)16(19(2,3)4)10-15(14)13-8-7-9-20-18(13)22/h7-12,21H,1-6H3,(H,20,22). The molecule has 0 aliphatic carbocycles. The molecule has 2 rings (SSSR count). The number of ether oxygens (including phenoxy) is 1. The van der Waals surface area contributed by atoms with E-state index in [1.165, 1.54) is 0 Å². The third kappa shape index (κ3) is 4.53. The van der Waals surface area contributed by atoms with Crippen LogP contribution in [0.1, 0.15) is 44.9 Å². The number of hydrogen-bond donors (Lipinski definition) is 2. The molecule has 0 aliphatic heterocycles. The van der Waals surface area contributed by atoms with Crippen LogP contribution in [-0.4, -0.2) is 26.8 Å². The molecule has 0 spiro atoms. The minimum Gasteiger partial charge on any atom is -0.496 e. The summed E-state index contributed by atoms with van der Waals surface area (Å²) in [5, 5.41) is 0. The summed E-state index contributed by atoms with van der Waals surface area (Å²) < 4.78 is 31.5. The molecule has 142 valence electrons. The maximum atomic E-state index is 12.4. The Hall–Kier alpha value is -2.12. The molecule has 0 aliphatic rings. The maximum Gasteiger partial charge on any atom is 0.255 e. The van der Waals surface area contributed by atoms with Gasteiger partial charge in [0.05, 0.1) is 13.4 Å². The monoisotopic (exact) mass is 378 g/mol. The number of sulfonamides is 1. The summed E-state index contributed by atoms with van der Waals surface area (Å²) in [6, 6.07) is 6.67. The number of pyridine rings is 1. The van der Waals surface area contributed by atoms with E-state index >= 15 is 0 Å². The molecular formula is C19H26N2O4S. The maximum absolute atomic E-state index is 12.4. The second-order valence-corrected chi connectivity index (χ2v) is 9.19. The van der Waals surface area contributed by atoms with Crippen molar-refractivity contribution in [1.82, 2.24) is 9.71 Å². The van der Waals surface area contributed by atoms with Gasteiger partial charge in [-0.15, -0.1) is 0 Å². The summed E-state index contributed by atoms with van der Waals surface area (Å²) in [4.78, 5) is 15.0. The van der Waals surface area contributed by atoms with Gasteiger partial charge in [0.1, 0.15) is 5.75 Å². The van der Waals surface area contributed by atoms with Crippen LogP contribution in [0.5, 0.6) is 5.75 Å². The van der Waals surface area contributed by atoms with Crippen molar-refractivity contribution in [3.63, 3.8) is 0 Å². The van der Waals surface area contributed by atoms with E-state index in [0.29, 0.717) is 22.4 Å². The van der Waals surface area contributed by atoms with Crippen LogP contribution >= 0.6 is 0 Å². The number of aromatic nitrogens is 1. The summed E-state index contributed by atoms with van der Waals surface area (Å²) in [6.07, 6.45) is 2.68. The van der Waals surface area contributed by atoms with Crippen LogP contribution in [0.15, 0.2) is 35.3 Å². The topological polar surface area (TPSA) is 88.3 Å². The molecule has 0 bridgehead atoms. The predicted molar refractivity (Wildman–Crippen MR) is 104 cm³/mol. The Labute approximate surface area is 154 Å². The quantitative estimate of drug-likeness (QED) is 0.837. The smallest absolute Gasteiger partial charge is 0.255 e. The van der Waals surface area contributed by atoms with E-state index in [0.717, 1.165) is 11.8 Å². The Balaban J connectivity index is 2.81. The van der Waals surface area contributed by atoms with Crippen LogP contribution in [-0.2, 0) is 15.4 Å². The van der Waals surface area contributed by atoms with Gasteiger partial charge in [-0.25, -0.2) is 13.1 Å². The van der Waals surface area contributed by atoms with E-state index < -0.39 is 16.1 Å². The molecule has 6 nitrogen and oxygen atoms in total. The number of benzene rings is 1. The van der Waals surface area contributed by atoms with Crippen LogP contribution in [0, 0.1) is 0 Å². The average molecular weight is 378 g/mol. The fourth-order valence-corrected chi connectivity index (χ4v) is 3.73. The molecular weight excluding hydrogens is 352 g/mol. The summed E-state index contributed by atoms with van der Waals surface area (Å²) in [5.74, 6) is 0.658. The van der Waals surface area contributed by atoms with Crippen molar-refractivity contribution < 1.29 is 13.2 Å². The van der Waals surface area contributed by atoms with Crippen molar-refractivity contribution in [2.24, 2.45) is 0 Å². The van der Waals surface area contributed by atoms with Gasteiger partial charge >= 0.3 is 0 Å². The van der Waals surface area contributed by atoms with E-state index in [4.69, 9.17) is 4.74 Å². The molecule has 0 fully saturated rings. The second-order valence-electron chi connectivity index (χ2n) is 7.41. The van der Waals surface area contributed by atoms with Crippen LogP contribution in [0.2, 0.25) is 0 Å². The first-order chi connectivity index (χ1) is 11.9. The van der Waals surface area contributed by atoms with Crippen molar-refractivity contribution in [2.45, 2.75) is 39.2 Å². The van der Waals surface area contributed by atoms with Crippen LogP contribution in [0.25, 0.3) is 11.1 Å². The molecule has 1 heterocycles. The first-order valence-electron chi connectivity index (χ1n) is 8.32. The van der Waals surface area contributed by atoms with Crippen molar-refractivity contribution in [3.8, 4) is 16.9 Å². The highest BCUT2D eigenvalue weighted by Gasteiger charge is 2.25. The lowest BCUT2D eigenvalue weighted by molar-refractivity contribution is 0.396. The van der Waals surface area contributed by atoms with E-state index in [1.54, 1.807) is 32.4 Å². The molecule has 1 aromatic heterocycles. The Morgan fingerprint density at radius 3 is 2.35 bits per heavy atom. The average Bonchev–Trinajstić information content (AvgIpc) is 2.51. The van der Waals surface area contributed by atoms with Gasteiger partial charge in [0.2, 0.25) is 10.0 Å². The van der Waals surface area contributed by atoms with Gasteiger partial charge in [-0.05, 0) is 47.7 Å². The molecule has 1 unspecified atom stereocenters. The summed E-state index contributed by atoms with van der Waals surface area (Å²) in [7, 11) is -1.83. The fourth-order valence-electron chi connectivity index (χ4n) is 2.96. The van der Waals surface area contributed by atoms with Gasteiger partial charge in [0.15, 0.2) is 0 Å². The first-order valence-corrected chi connectivity index (χ1v) is 10.2. The number of methoxy groups -OCH3 is 1. The first kappa shape index (κ1) is 20.2. The Morgan fingerprint density at radius 2 is 1.85 bits per heavy atom. The second kappa shape index (κ2) is 7.25. The fraction of sp³-hybridized carbons (Fsp3) is 0.421. The molecule has 1 atom stereocenters. The molecule has 2 N–H and O–H groups in total. The largest absolute Gasteiger partial charge is 0.496 e. The molecule has 0 amide bonds. The van der Waals surface area contributed by atoms with Crippen molar-refractivity contribution in [2.75, 3.05) is 13.4 Å². The lowest BCUT2D eigenvalue weighted by Gasteiger charge is -2.26. The van der Waals surface area contributed by atoms with E-state index in [2.05, 4.69) is 30.5 Å². The van der Waals surface area contributed by atoms with Gasteiger partial charge in [0, 0.05) is 23.4 Å². The summed E-state index contributed by atoms with van der Waals surface area (Å²) in [5.41, 5.74) is 2.34. The zero-order chi connectivity index (χ0) is 19.7. The van der Waals surface area contributed by atoms with Gasteiger partial charge in [-0.2, -0.15) is 0 Å². The van der Waals surface area contributed by atoms with Crippen molar-refractivity contribution >= 4 is 10.0 Å². The minimum absolute atomic E-state index is 0.215. The van der Waals surface area contributed by atoms with Crippen LogP contribution in [0.4, 0.5) is 0 Å². The normalized spacial score (nSPS) is 13.5. The molecule has 2 aromatic rings. The number of nitrogens with one attached hydrogen (secondary N) is 2. The Morgan fingerprint density at radius 1 is 1.19 bits per heavy atom. The highest BCUT2D eigenvalue weighted by Crippen LogP contribution is 2.38. The molecule has 0 saturated heterocycles. The predicted octanol–water partition coefficient (Wildman–Crippen LogP) is 2.96. The van der Waals surface area contributed by atoms with Crippen molar-refractivity contribution in [3.05, 3.63) is 51.9 Å². The van der Waals surface area contributed by atoms with Gasteiger partial charge in [-0.1, -0.05) is 20.8 Å². The molecule has 1 aromatic carbocycles. The van der Waals surface area contributed by atoms with E-state index in [-0.39, 0.29) is 11.0 Å². The number of hydrogen-bond acceptors (Lipinski definition) is 4. The lowest BCUT2D eigenvalue weighted by Crippen LogP contribution is -2.26. The highest BCUT2D eigenvalue weighted by atomic mass is 32.2. The van der Waals surface area contributed by atoms with Gasteiger partial charge in [0.25, 0.3) is 5.56 Å². The minimum atomic E-state index is -3.42. The number of aromatic amines is 1. The molecule has 0 saturated carbocycles. The third-order valence-corrected chi connectivity index (χ3v) is 4.93. The summed E-state index contributed by atoms with van der Waals surface area (Å²) >= 11 is 0. The van der Waals surface area contributed by atoms with Crippen molar-refractivity contribution in [1.29, 1.82) is 0 Å². The summed E-state index contributed by atoms with van der Waals surface area (Å²) in [6.45, 7) is 7.92. The zero-order valence-corrected chi connectivity index (χ0v) is 16.8. The molecule has 26 heavy (non-hydrogen) atoms. The van der Waals surface area contributed by atoms with Crippen LogP contribution in [0.3, 0.4) is 0 Å². The lowest BCUT2D eigenvalue weighted by atomic mass is 9.82. The Bertz CT molecular complexity index is 956. The number of rotatable bonds is 5. The zero-order valence-electron chi connectivity index (χ0n) is 16.0. The van der Waals surface area contributed by atoms with Gasteiger partial charge < -0.3 is 9.72 Å². The van der Waals surface area contributed by atoms with E-state index in [9.17, 15) is 13.2 Å². The van der Waals surface area contributed by atoms with E-state index in [1.807, 2.05) is 12.1 Å². The van der Waals surface area contributed by atoms with Gasteiger partial charge in [-0.3, -0.25) is 4.79 Å². The highest BCUT2D eigenvalue weighted by molar-refractivity contribution is 7.88. The molecule has 0 radical (unpaired) electrons. The SMILES string of the molecule is COc1cc(C(C)NS(C)(=O)=O)c(-c2ccc[nH]c2=O)cc1C(C)(C)C. The molecule has 7 heteroatoms. The Kier molecular flexibility index (Phi) is 5.63. The third-order valence-electron chi connectivity index (χ3n) is 4.15. The van der Waals surface area contributed by atoms with Crippen LogP contribution < -0.4 is 15.0 Å².